The Labute approximate surface area is 544 Å². The number of ketones is 3. The van der Waals surface area contributed by atoms with Gasteiger partial charge in [0.05, 0.1) is 65.8 Å². The van der Waals surface area contributed by atoms with E-state index in [2.05, 4.69) is 123 Å². The minimum absolute atomic E-state index is 0.0275. The first-order valence-corrected chi connectivity index (χ1v) is 29.9. The zero-order valence-corrected chi connectivity index (χ0v) is 56.3. The Morgan fingerprint density at radius 1 is 0.586 bits per heavy atom. The smallest absolute Gasteiger partial charge is 0.341 e. The predicted molar refractivity (Wildman–Crippen MR) is 340 cm³/mol. The van der Waals surface area contributed by atoms with Gasteiger partial charge in [-0.2, -0.15) is 0 Å². The molecule has 10 rings (SSSR count). The van der Waals surface area contributed by atoms with Gasteiger partial charge in [0.1, 0.15) is 22.3 Å². The number of fused-ring (bicyclic) bond motifs is 1. The van der Waals surface area contributed by atoms with E-state index in [0.717, 1.165) is 50.6 Å². The van der Waals surface area contributed by atoms with E-state index in [1.54, 1.807) is 61.2 Å². The number of carbonyl (C=O) groups is 6. The molecule has 0 saturated heterocycles. The first-order chi connectivity index (χ1) is 41.5. The molecule has 1 aliphatic heterocycles. The highest BCUT2D eigenvalue weighted by Gasteiger charge is 2.46. The van der Waals surface area contributed by atoms with Crippen molar-refractivity contribution in [2.24, 2.45) is 0 Å². The van der Waals surface area contributed by atoms with Gasteiger partial charge in [0.25, 0.3) is 5.91 Å². The van der Waals surface area contributed by atoms with Crippen molar-refractivity contribution in [1.29, 1.82) is 0 Å². The van der Waals surface area contributed by atoms with Crippen LogP contribution in [-0.4, -0.2) is 136 Å². The summed E-state index contributed by atoms with van der Waals surface area (Å²) < 4.78 is 33.9. The van der Waals surface area contributed by atoms with Crippen LogP contribution in [0, 0.1) is 0 Å². The standard InChI is InChI=1S/C12H12BrNO2.C11H10BrNO2.C9H11BrN2O3.C9H8BrNO2.C7H6BrNO3.C7H7NO3.C5H8/c1-16-12-10(6-9(13)7-14-12)11(15)5-8-3-2-4-8;12-7-4-8-9(14)5-11(2-1-3-11)15-10(8)13-6-7;1-12(15-3)9(13)7-4-6(10)5-11-8(7)14-2;1-3-8(12)7-4-6(10)5-11-9(7)13-2;1-12-6-5(7(10)11)2-4(8)3-9-6;1-11-6-5(7(9)10)3-2-4-8-6;1-5-3-2-4-5/h5-7H,2-4H2,1H3;4,6H,1-3,5H2;4-5H,1-3H3;3-5H,1H2,2H3;2-3H,1H3,(H,10,11);2-4H,1H3,(H,9,10);1-4H2. The molecule has 2 N–H and O–H groups in total. The number of methoxy groups -OCH3 is 5. The number of carboxylic acid groups (broad SMARTS) is 2. The molecule has 462 valence electrons. The van der Waals surface area contributed by atoms with Crippen LogP contribution in [0.1, 0.15) is 126 Å². The van der Waals surface area contributed by atoms with Crippen LogP contribution in [0.25, 0.3) is 0 Å². The van der Waals surface area contributed by atoms with Crippen LogP contribution in [-0.2, 0) is 4.84 Å². The molecule has 3 aliphatic carbocycles. The van der Waals surface area contributed by atoms with E-state index in [4.69, 9.17) is 43.5 Å². The Balaban J connectivity index is 0.000000221. The number of aromatic carboxylic acids is 2. The van der Waals surface area contributed by atoms with Crippen molar-refractivity contribution in [2.75, 3.05) is 49.7 Å². The van der Waals surface area contributed by atoms with Crippen LogP contribution in [0.2, 0.25) is 0 Å². The molecule has 1 amide bonds. The molecule has 6 aromatic heterocycles. The predicted octanol–water partition coefficient (Wildman–Crippen LogP) is 13.7. The molecule has 87 heavy (non-hydrogen) atoms. The highest BCUT2D eigenvalue weighted by Crippen LogP contribution is 2.44. The third-order valence-electron chi connectivity index (χ3n) is 12.5. The molecular weight excluding hydrogens is 1460 g/mol. The number of Topliss-reactive ketones (excluding diaryl/α,β-unsaturated/α-hetero) is 1. The minimum Gasteiger partial charge on any atom is -0.480 e. The number of ether oxygens (including phenoxy) is 6. The van der Waals surface area contributed by atoms with Crippen LogP contribution in [0.15, 0.2) is 138 Å². The lowest BCUT2D eigenvalue weighted by atomic mass is 9.74. The average Bonchev–Trinajstić information content (AvgIpc) is 2.25. The summed E-state index contributed by atoms with van der Waals surface area (Å²) in [5, 5.41) is 18.4. The van der Waals surface area contributed by atoms with Crippen LogP contribution < -0.4 is 28.4 Å². The average molecular weight is 1520 g/mol. The summed E-state index contributed by atoms with van der Waals surface area (Å²) >= 11 is 16.2. The van der Waals surface area contributed by atoms with Gasteiger partial charge in [-0.1, -0.05) is 24.3 Å². The Hall–Kier alpha value is -7.30. The quantitative estimate of drug-likeness (QED) is 0.0470. The van der Waals surface area contributed by atoms with Crippen molar-refractivity contribution in [3.8, 4) is 35.3 Å². The van der Waals surface area contributed by atoms with Gasteiger partial charge in [-0.3, -0.25) is 24.0 Å². The van der Waals surface area contributed by atoms with Crippen LogP contribution in [0.5, 0.6) is 35.3 Å². The molecule has 0 unspecified atom stereocenters. The topological polar surface area (TPSA) is 288 Å². The molecule has 3 saturated carbocycles. The number of hydroxylamine groups is 2. The van der Waals surface area contributed by atoms with Gasteiger partial charge in [0, 0.05) is 66.6 Å². The number of nitrogens with zero attached hydrogens (tertiary/aromatic N) is 7. The lowest BCUT2D eigenvalue weighted by molar-refractivity contribution is -0.0758. The van der Waals surface area contributed by atoms with Crippen molar-refractivity contribution in [1.82, 2.24) is 35.0 Å². The highest BCUT2D eigenvalue weighted by molar-refractivity contribution is 9.11. The number of rotatable bonds is 13. The maximum absolute atomic E-state index is 12.0. The van der Waals surface area contributed by atoms with E-state index in [9.17, 15) is 28.8 Å². The maximum Gasteiger partial charge on any atom is 0.341 e. The second-order valence-electron chi connectivity index (χ2n) is 18.4. The Morgan fingerprint density at radius 3 is 1.39 bits per heavy atom. The van der Waals surface area contributed by atoms with E-state index < -0.39 is 11.9 Å². The maximum atomic E-state index is 12.0. The van der Waals surface area contributed by atoms with Crippen LogP contribution >= 0.6 is 79.6 Å². The number of aromatic nitrogens is 6. The van der Waals surface area contributed by atoms with Gasteiger partial charge in [0.2, 0.25) is 35.3 Å². The normalized spacial score (nSPS) is 13.2. The summed E-state index contributed by atoms with van der Waals surface area (Å²) in [6, 6.07) is 11.2. The molecular formula is C60H62Br5N7O15. The molecule has 1 spiro atoms. The highest BCUT2D eigenvalue weighted by atomic mass is 79.9. The molecule has 0 atom stereocenters. The Morgan fingerprint density at radius 2 is 1.00 bits per heavy atom. The monoisotopic (exact) mass is 1520 g/mol. The first-order valence-electron chi connectivity index (χ1n) is 26.0. The summed E-state index contributed by atoms with van der Waals surface area (Å²) in [5.41, 5.74) is 4.44. The summed E-state index contributed by atoms with van der Waals surface area (Å²) in [5.74, 6) is -0.751. The van der Waals surface area contributed by atoms with E-state index >= 15 is 0 Å². The molecule has 22 nitrogen and oxygen atoms in total. The molecule has 27 heteroatoms. The van der Waals surface area contributed by atoms with Gasteiger partial charge in [0.15, 0.2) is 17.3 Å². The number of hydrogen-bond acceptors (Lipinski definition) is 19. The van der Waals surface area contributed by atoms with Gasteiger partial charge in [-0.05, 0) is 192 Å². The number of carboxylic acids is 2. The number of carbonyl (C=O) groups excluding carboxylic acids is 4. The van der Waals surface area contributed by atoms with E-state index in [1.807, 2.05) is 0 Å². The van der Waals surface area contributed by atoms with Crippen molar-refractivity contribution < 1.29 is 72.2 Å². The van der Waals surface area contributed by atoms with Gasteiger partial charge in [-0.15, -0.1) is 0 Å². The molecule has 7 heterocycles. The van der Waals surface area contributed by atoms with Crippen molar-refractivity contribution in [2.45, 2.75) is 69.8 Å². The molecule has 4 aliphatic rings. The number of amides is 1. The molecule has 0 aromatic carbocycles. The number of hydrogen-bond donors (Lipinski definition) is 2. The summed E-state index contributed by atoms with van der Waals surface area (Å²) in [4.78, 5) is 96.3. The number of allylic oxidation sites excluding steroid dienone is 4. The van der Waals surface area contributed by atoms with Crippen molar-refractivity contribution >= 4 is 115 Å². The summed E-state index contributed by atoms with van der Waals surface area (Å²) in [6.45, 7) is 7.15. The van der Waals surface area contributed by atoms with Crippen LogP contribution in [0.4, 0.5) is 0 Å². The Bertz CT molecular complexity index is 3460. The zero-order chi connectivity index (χ0) is 64.4. The second-order valence-corrected chi connectivity index (χ2v) is 23.0. The van der Waals surface area contributed by atoms with Gasteiger partial charge in [-0.25, -0.2) is 44.6 Å². The summed E-state index contributed by atoms with van der Waals surface area (Å²) in [6.07, 6.45) is 23.2. The van der Waals surface area contributed by atoms with E-state index in [0.29, 0.717) is 55.3 Å². The third kappa shape index (κ3) is 22.1. The molecule has 3 fully saturated rings. The molecule has 0 radical (unpaired) electrons. The largest absolute Gasteiger partial charge is 0.480 e. The molecule has 0 bridgehead atoms. The SMILES string of the molecule is C=C1CCC1.C=CC(=O)c1cc(Br)cnc1OC.COc1ncc(Br)cc1C(=O)C=C1CCC1.COc1ncc(Br)cc1C(=O)N(C)OC.COc1ncc(Br)cc1C(=O)O.COc1ncccc1C(=O)O.O=C1CC2(CCC2)Oc2ncc(Br)cc21. The minimum atomic E-state index is -1.05. The lowest BCUT2D eigenvalue weighted by Crippen LogP contribution is -2.47. The summed E-state index contributed by atoms with van der Waals surface area (Å²) in [7, 11) is 10.1. The molecule has 6 aromatic rings. The number of halogens is 5. The van der Waals surface area contributed by atoms with Gasteiger partial charge < -0.3 is 38.6 Å². The van der Waals surface area contributed by atoms with E-state index in [-0.39, 0.29) is 57.6 Å². The van der Waals surface area contributed by atoms with E-state index in [1.165, 1.54) is 117 Å². The first kappa shape index (κ1) is 72.2. The second kappa shape index (κ2) is 36.1. The number of pyridine rings is 6. The Kier molecular flexibility index (Phi) is 30.0. The fourth-order valence-corrected chi connectivity index (χ4v) is 9.15. The lowest BCUT2D eigenvalue weighted by Gasteiger charge is -2.43. The fourth-order valence-electron chi connectivity index (χ4n) is 7.50. The van der Waals surface area contributed by atoms with Crippen molar-refractivity contribution in [3.05, 3.63) is 172 Å². The van der Waals surface area contributed by atoms with Gasteiger partial charge >= 0.3 is 11.9 Å². The zero-order valence-electron chi connectivity index (χ0n) is 48.4. The fraction of sp³-hybridized carbons (Fsp3) is 0.300. The van der Waals surface area contributed by atoms with Crippen molar-refractivity contribution in [3.63, 3.8) is 0 Å². The third-order valence-corrected chi connectivity index (χ3v) is 14.7. The van der Waals surface area contributed by atoms with Crippen LogP contribution in [0.3, 0.4) is 0 Å².